The summed E-state index contributed by atoms with van der Waals surface area (Å²) >= 11 is 0.886. The quantitative estimate of drug-likeness (QED) is 0.694. The highest BCUT2D eigenvalue weighted by molar-refractivity contribution is 7.17. The lowest BCUT2D eigenvalue weighted by Gasteiger charge is -2.03. The van der Waals surface area contributed by atoms with Crippen molar-refractivity contribution in [2.75, 3.05) is 12.4 Å². The van der Waals surface area contributed by atoms with Crippen molar-refractivity contribution in [2.24, 2.45) is 0 Å². The Bertz CT molecular complexity index is 715. The fraction of sp³-hybridized carbons (Fsp3) is 0.154. The van der Waals surface area contributed by atoms with Crippen LogP contribution in [0.4, 0.5) is 19.6 Å². The van der Waals surface area contributed by atoms with Gasteiger partial charge in [0.15, 0.2) is 16.6 Å². The molecule has 1 N–H and O–H groups in total. The van der Waals surface area contributed by atoms with E-state index < -0.39 is 17.6 Å². The van der Waals surface area contributed by atoms with Crippen LogP contribution in [-0.2, 0) is 4.74 Å². The number of anilines is 2. The Hall–Kier alpha value is -2.35. The number of ketones is 1. The van der Waals surface area contributed by atoms with E-state index in [1.165, 1.54) is 20.1 Å². The molecule has 110 valence electrons. The number of aromatic nitrogens is 1. The van der Waals surface area contributed by atoms with Crippen LogP contribution in [0.3, 0.4) is 0 Å². The van der Waals surface area contributed by atoms with Gasteiger partial charge in [0.25, 0.3) is 0 Å². The first-order valence-corrected chi connectivity index (χ1v) is 6.56. The molecule has 0 amide bonds. The Balaban J connectivity index is 2.37. The first-order chi connectivity index (χ1) is 9.92. The lowest BCUT2D eigenvalue weighted by molar-refractivity contribution is 0.0591. The van der Waals surface area contributed by atoms with Crippen molar-refractivity contribution in [3.63, 3.8) is 0 Å². The van der Waals surface area contributed by atoms with Gasteiger partial charge in [0.2, 0.25) is 0 Å². The Kier molecular flexibility index (Phi) is 4.27. The number of nitrogens with one attached hydrogen (secondary N) is 1. The van der Waals surface area contributed by atoms with Crippen LogP contribution < -0.4 is 5.32 Å². The van der Waals surface area contributed by atoms with Gasteiger partial charge in [0, 0.05) is 13.0 Å². The Labute approximate surface area is 122 Å². The van der Waals surface area contributed by atoms with Crippen molar-refractivity contribution in [1.82, 2.24) is 4.98 Å². The van der Waals surface area contributed by atoms with E-state index in [4.69, 9.17) is 0 Å². The molecule has 1 heterocycles. The van der Waals surface area contributed by atoms with Crippen molar-refractivity contribution >= 4 is 33.9 Å². The topological polar surface area (TPSA) is 68.3 Å². The maximum Gasteiger partial charge on any atom is 0.358 e. The van der Waals surface area contributed by atoms with Gasteiger partial charge in [-0.2, -0.15) is 0 Å². The molecular formula is C13H10F2N2O3S. The van der Waals surface area contributed by atoms with Gasteiger partial charge in [-0.1, -0.05) is 11.3 Å². The fourth-order valence-corrected chi connectivity index (χ4v) is 2.41. The van der Waals surface area contributed by atoms with Gasteiger partial charge in [-0.3, -0.25) is 4.79 Å². The predicted octanol–water partition coefficient (Wildman–Crippen LogP) is 3.15. The van der Waals surface area contributed by atoms with Crippen LogP contribution in [0.1, 0.15) is 27.1 Å². The first kappa shape index (κ1) is 15.0. The van der Waals surface area contributed by atoms with Gasteiger partial charge in [-0.05, 0) is 12.1 Å². The summed E-state index contributed by atoms with van der Waals surface area (Å²) in [5.74, 6) is -2.64. The number of rotatable bonds is 4. The SMILES string of the molecule is COC(=O)c1nc(Nc2ccc(F)cc2F)sc1C(C)=O. The number of carbonyl (C=O) groups is 2. The van der Waals surface area contributed by atoms with Gasteiger partial charge >= 0.3 is 5.97 Å². The largest absolute Gasteiger partial charge is 0.464 e. The molecule has 0 saturated carbocycles. The average molecular weight is 312 g/mol. The summed E-state index contributed by atoms with van der Waals surface area (Å²) in [6.45, 7) is 1.28. The normalized spacial score (nSPS) is 10.3. The molecule has 0 unspecified atom stereocenters. The minimum Gasteiger partial charge on any atom is -0.464 e. The molecule has 5 nitrogen and oxygen atoms in total. The second-order valence-electron chi connectivity index (χ2n) is 3.99. The third-order valence-electron chi connectivity index (χ3n) is 2.50. The number of halogens is 2. The van der Waals surface area contributed by atoms with Crippen molar-refractivity contribution in [3.8, 4) is 0 Å². The number of carbonyl (C=O) groups excluding carboxylic acids is 2. The molecule has 0 aliphatic heterocycles. The second kappa shape index (κ2) is 5.96. The maximum absolute atomic E-state index is 13.5. The molecule has 0 fully saturated rings. The minimum atomic E-state index is -0.811. The Morgan fingerprint density at radius 2 is 2.05 bits per heavy atom. The average Bonchev–Trinajstić information content (AvgIpc) is 2.85. The van der Waals surface area contributed by atoms with E-state index in [9.17, 15) is 18.4 Å². The molecule has 0 radical (unpaired) electrons. The fourth-order valence-electron chi connectivity index (χ4n) is 1.55. The summed E-state index contributed by atoms with van der Waals surface area (Å²) < 4.78 is 30.9. The zero-order chi connectivity index (χ0) is 15.6. The number of methoxy groups -OCH3 is 1. The van der Waals surface area contributed by atoms with Crippen LogP contribution in [0.5, 0.6) is 0 Å². The zero-order valence-electron chi connectivity index (χ0n) is 11.1. The summed E-state index contributed by atoms with van der Waals surface area (Å²) in [4.78, 5) is 27.0. The standard InChI is InChI=1S/C13H10F2N2O3S/c1-6(18)11-10(12(19)20-2)17-13(21-11)16-9-4-3-7(14)5-8(9)15/h3-5H,1-2H3,(H,16,17). The number of nitrogens with zero attached hydrogens (tertiary/aromatic N) is 1. The van der Waals surface area contributed by atoms with Crippen LogP contribution in [0.25, 0.3) is 0 Å². The molecule has 0 aliphatic carbocycles. The highest BCUT2D eigenvalue weighted by Gasteiger charge is 2.22. The number of esters is 1. The van der Waals surface area contributed by atoms with E-state index in [0.29, 0.717) is 6.07 Å². The van der Waals surface area contributed by atoms with Crippen LogP contribution in [0, 0.1) is 11.6 Å². The number of hydrogen-bond acceptors (Lipinski definition) is 6. The molecule has 0 bridgehead atoms. The van der Waals surface area contributed by atoms with Crippen molar-refractivity contribution in [3.05, 3.63) is 40.4 Å². The van der Waals surface area contributed by atoms with Crippen LogP contribution in [0.2, 0.25) is 0 Å². The van der Waals surface area contributed by atoms with Crippen LogP contribution >= 0.6 is 11.3 Å². The lowest BCUT2D eigenvalue weighted by atomic mass is 10.3. The summed E-state index contributed by atoms with van der Waals surface area (Å²) in [6, 6.07) is 2.98. The molecule has 1 aromatic heterocycles. The van der Waals surface area contributed by atoms with Gasteiger partial charge < -0.3 is 10.1 Å². The van der Waals surface area contributed by atoms with Crippen LogP contribution in [-0.4, -0.2) is 23.8 Å². The number of thiazole rings is 1. The Morgan fingerprint density at radius 3 is 2.62 bits per heavy atom. The molecule has 0 spiro atoms. The van der Waals surface area contributed by atoms with E-state index >= 15 is 0 Å². The van der Waals surface area contributed by atoms with E-state index in [-0.39, 0.29) is 27.2 Å². The molecule has 2 aromatic rings. The van der Waals surface area contributed by atoms with E-state index in [1.807, 2.05) is 0 Å². The van der Waals surface area contributed by atoms with Gasteiger partial charge in [-0.15, -0.1) is 0 Å². The monoisotopic (exact) mass is 312 g/mol. The van der Waals surface area contributed by atoms with Crippen molar-refractivity contribution in [1.29, 1.82) is 0 Å². The van der Waals surface area contributed by atoms with Crippen molar-refractivity contribution < 1.29 is 23.1 Å². The molecule has 0 aliphatic rings. The van der Waals surface area contributed by atoms with E-state index in [1.54, 1.807) is 0 Å². The van der Waals surface area contributed by atoms with E-state index in [0.717, 1.165) is 17.4 Å². The van der Waals surface area contributed by atoms with Crippen molar-refractivity contribution in [2.45, 2.75) is 6.92 Å². The smallest absolute Gasteiger partial charge is 0.358 e. The summed E-state index contributed by atoms with van der Waals surface area (Å²) in [5.41, 5.74) is -0.156. The number of hydrogen-bond donors (Lipinski definition) is 1. The van der Waals surface area contributed by atoms with Gasteiger partial charge in [0.1, 0.15) is 16.5 Å². The molecular weight excluding hydrogens is 302 g/mol. The minimum absolute atomic E-state index is 0.0170. The van der Waals surface area contributed by atoms with Gasteiger partial charge in [0.05, 0.1) is 12.8 Å². The van der Waals surface area contributed by atoms with Crippen LogP contribution in [0.15, 0.2) is 18.2 Å². The number of benzene rings is 1. The first-order valence-electron chi connectivity index (χ1n) is 5.74. The number of ether oxygens (including phenoxy) is 1. The molecule has 0 atom stereocenters. The molecule has 1 aromatic carbocycles. The highest BCUT2D eigenvalue weighted by atomic mass is 32.1. The molecule has 2 rings (SSSR count). The molecule has 0 saturated heterocycles. The summed E-state index contributed by atoms with van der Waals surface area (Å²) in [7, 11) is 1.17. The number of Topliss-reactive ketones (excluding diaryl/α,β-unsaturated/α-hetero) is 1. The highest BCUT2D eigenvalue weighted by Crippen LogP contribution is 2.28. The van der Waals surface area contributed by atoms with Gasteiger partial charge in [-0.25, -0.2) is 18.6 Å². The molecule has 21 heavy (non-hydrogen) atoms. The summed E-state index contributed by atoms with van der Waals surface area (Å²) in [5, 5.41) is 2.73. The second-order valence-corrected chi connectivity index (χ2v) is 4.99. The van der Waals surface area contributed by atoms with E-state index in [2.05, 4.69) is 15.0 Å². The zero-order valence-corrected chi connectivity index (χ0v) is 11.9. The summed E-state index contributed by atoms with van der Waals surface area (Å²) in [6.07, 6.45) is 0. The lowest BCUT2D eigenvalue weighted by Crippen LogP contribution is -2.07. The maximum atomic E-state index is 13.5. The predicted molar refractivity (Wildman–Crippen MR) is 73.1 cm³/mol. The third kappa shape index (κ3) is 3.22. The molecule has 8 heteroatoms. The Morgan fingerprint density at radius 1 is 1.33 bits per heavy atom. The third-order valence-corrected chi connectivity index (χ3v) is 3.57.